The molecule has 2 heterocycles. The highest BCUT2D eigenvalue weighted by Crippen LogP contribution is 2.27. The van der Waals surface area contributed by atoms with E-state index in [4.69, 9.17) is 18.9 Å². The number of nitrogens with one attached hydrogen (secondary N) is 1. The molecule has 0 bridgehead atoms. The van der Waals surface area contributed by atoms with Crippen LogP contribution in [0.4, 0.5) is 0 Å². The second-order valence-electron chi connectivity index (χ2n) is 7.18. The number of cyclic esters (lactones) is 1. The zero-order valence-corrected chi connectivity index (χ0v) is 17.0. The fraction of sp³-hybridized carbons (Fsp3) is 0.632. The molecule has 1 saturated heterocycles. The molecule has 10 nitrogen and oxygen atoms in total. The van der Waals surface area contributed by atoms with Gasteiger partial charge in [0.1, 0.15) is 18.3 Å². The predicted molar refractivity (Wildman–Crippen MR) is 101 cm³/mol. The Morgan fingerprint density at radius 3 is 2.79 bits per heavy atom. The van der Waals surface area contributed by atoms with Gasteiger partial charge in [0, 0.05) is 18.9 Å². The molecule has 2 rings (SSSR count). The summed E-state index contributed by atoms with van der Waals surface area (Å²) < 4.78 is 21.4. The number of rotatable bonds is 6. The first-order valence-corrected chi connectivity index (χ1v) is 9.35. The maximum Gasteiger partial charge on any atom is 0.331 e. The van der Waals surface area contributed by atoms with E-state index >= 15 is 0 Å². The number of hydrogen-bond donors (Lipinski definition) is 3. The van der Waals surface area contributed by atoms with Crippen molar-refractivity contribution in [2.75, 3.05) is 26.9 Å². The predicted octanol–water partition coefficient (Wildman–Crippen LogP) is 0.258. The summed E-state index contributed by atoms with van der Waals surface area (Å²) in [7, 11) is 1.34. The lowest BCUT2D eigenvalue weighted by Gasteiger charge is -2.28. The summed E-state index contributed by atoms with van der Waals surface area (Å²) in [4.78, 5) is 28.8. The summed E-state index contributed by atoms with van der Waals surface area (Å²) >= 11 is 0. The molecule has 0 radical (unpaired) electrons. The Balaban J connectivity index is 2.11. The van der Waals surface area contributed by atoms with Crippen molar-refractivity contribution in [1.29, 1.82) is 0 Å². The van der Waals surface area contributed by atoms with Crippen molar-refractivity contribution in [2.45, 2.75) is 45.1 Å². The summed E-state index contributed by atoms with van der Waals surface area (Å²) in [5.41, 5.74) is -0.303. The van der Waals surface area contributed by atoms with E-state index in [9.17, 15) is 19.8 Å². The topological polar surface area (TPSA) is 136 Å². The molecule has 0 spiro atoms. The normalized spacial score (nSPS) is 25.5. The quantitative estimate of drug-likeness (QED) is 0.562. The van der Waals surface area contributed by atoms with E-state index in [1.54, 1.807) is 6.92 Å². The van der Waals surface area contributed by atoms with E-state index in [1.807, 2.05) is 13.8 Å². The van der Waals surface area contributed by atoms with E-state index in [0.717, 1.165) is 0 Å². The first-order valence-electron chi connectivity index (χ1n) is 9.35. The molecule has 4 atom stereocenters. The summed E-state index contributed by atoms with van der Waals surface area (Å²) in [5, 5.41) is 22.8. The van der Waals surface area contributed by atoms with Gasteiger partial charge in [0.05, 0.1) is 20.3 Å². The molecule has 1 aromatic rings. The minimum atomic E-state index is -1.16. The van der Waals surface area contributed by atoms with Crippen molar-refractivity contribution in [3.8, 4) is 11.5 Å². The highest BCUT2D eigenvalue weighted by molar-refractivity contribution is 5.98. The SMILES string of the molecule is COc1ccnc(C(=O)NC2COCC(O)C(OCC(C)C)C(C)OC2=O)c1O. The van der Waals surface area contributed by atoms with Crippen molar-refractivity contribution in [3.05, 3.63) is 18.0 Å². The Bertz CT molecular complexity index is 711. The van der Waals surface area contributed by atoms with Gasteiger partial charge in [-0.1, -0.05) is 13.8 Å². The maximum absolute atomic E-state index is 12.5. The molecule has 3 N–H and O–H groups in total. The number of aliphatic hydroxyl groups is 1. The van der Waals surface area contributed by atoms with Gasteiger partial charge in [0.25, 0.3) is 5.91 Å². The van der Waals surface area contributed by atoms with E-state index in [1.165, 1.54) is 19.4 Å². The lowest BCUT2D eigenvalue weighted by molar-refractivity contribution is -0.164. The molecule has 4 unspecified atom stereocenters. The number of esters is 1. The fourth-order valence-electron chi connectivity index (χ4n) is 2.76. The summed E-state index contributed by atoms with van der Waals surface area (Å²) in [6, 6.07) is 0.234. The number of aromatic hydroxyl groups is 1. The Hall–Kier alpha value is -2.43. The van der Waals surface area contributed by atoms with Crippen LogP contribution in [0.15, 0.2) is 12.3 Å². The van der Waals surface area contributed by atoms with Crippen molar-refractivity contribution in [1.82, 2.24) is 10.3 Å². The maximum atomic E-state index is 12.5. The minimum Gasteiger partial charge on any atom is -0.503 e. The van der Waals surface area contributed by atoms with Crippen LogP contribution in [0.25, 0.3) is 0 Å². The minimum absolute atomic E-state index is 0.0698. The lowest BCUT2D eigenvalue weighted by Crippen LogP contribution is -2.47. The Morgan fingerprint density at radius 2 is 2.14 bits per heavy atom. The summed E-state index contributed by atoms with van der Waals surface area (Å²) in [6.45, 7) is 5.58. The van der Waals surface area contributed by atoms with Crippen LogP contribution < -0.4 is 10.1 Å². The number of carbonyl (C=O) groups excluding carboxylic acids is 2. The summed E-state index contributed by atoms with van der Waals surface area (Å²) in [5.74, 6) is -1.70. The van der Waals surface area contributed by atoms with Gasteiger partial charge >= 0.3 is 5.97 Å². The monoisotopic (exact) mass is 412 g/mol. The van der Waals surface area contributed by atoms with Gasteiger partial charge in [-0.25, -0.2) is 9.78 Å². The molecule has 1 aliphatic rings. The number of aliphatic hydroxyl groups excluding tert-OH is 1. The molecule has 1 fully saturated rings. The molecule has 1 aromatic heterocycles. The first kappa shape index (κ1) is 22.9. The second kappa shape index (κ2) is 10.4. The zero-order valence-electron chi connectivity index (χ0n) is 17.0. The van der Waals surface area contributed by atoms with Crippen molar-refractivity contribution in [3.63, 3.8) is 0 Å². The number of aromatic nitrogens is 1. The molecule has 29 heavy (non-hydrogen) atoms. The number of nitrogens with zero attached hydrogens (tertiary/aromatic N) is 1. The number of amides is 1. The fourth-order valence-corrected chi connectivity index (χ4v) is 2.76. The van der Waals surface area contributed by atoms with Gasteiger partial charge in [-0.3, -0.25) is 4.79 Å². The summed E-state index contributed by atoms with van der Waals surface area (Å²) in [6.07, 6.45) is -1.24. The van der Waals surface area contributed by atoms with Gasteiger partial charge in [-0.15, -0.1) is 0 Å². The van der Waals surface area contributed by atoms with Gasteiger partial charge in [0.15, 0.2) is 23.2 Å². The van der Waals surface area contributed by atoms with Crippen molar-refractivity contribution >= 4 is 11.9 Å². The average Bonchev–Trinajstić information content (AvgIpc) is 2.70. The number of methoxy groups -OCH3 is 1. The third kappa shape index (κ3) is 6.02. The molecule has 1 amide bonds. The van der Waals surface area contributed by atoms with Gasteiger partial charge in [-0.05, 0) is 12.8 Å². The van der Waals surface area contributed by atoms with E-state index in [-0.39, 0.29) is 30.6 Å². The van der Waals surface area contributed by atoms with E-state index < -0.39 is 42.0 Å². The van der Waals surface area contributed by atoms with Crippen LogP contribution in [0.1, 0.15) is 31.3 Å². The van der Waals surface area contributed by atoms with Crippen LogP contribution in [0, 0.1) is 5.92 Å². The van der Waals surface area contributed by atoms with Gasteiger partial charge in [0.2, 0.25) is 0 Å². The Kier molecular flexibility index (Phi) is 8.18. The molecule has 1 aliphatic heterocycles. The van der Waals surface area contributed by atoms with Crippen LogP contribution in [0.5, 0.6) is 11.5 Å². The highest BCUT2D eigenvalue weighted by Gasteiger charge is 2.35. The molecule has 0 aliphatic carbocycles. The molecule has 0 saturated carbocycles. The third-order valence-corrected chi connectivity index (χ3v) is 4.25. The molecule has 10 heteroatoms. The average molecular weight is 412 g/mol. The molecule has 162 valence electrons. The smallest absolute Gasteiger partial charge is 0.331 e. The van der Waals surface area contributed by atoms with Gasteiger partial charge < -0.3 is 34.5 Å². The van der Waals surface area contributed by atoms with Crippen LogP contribution in [0.3, 0.4) is 0 Å². The van der Waals surface area contributed by atoms with Crippen LogP contribution >= 0.6 is 0 Å². The van der Waals surface area contributed by atoms with Crippen LogP contribution in [0.2, 0.25) is 0 Å². The lowest BCUT2D eigenvalue weighted by atomic mass is 10.1. The van der Waals surface area contributed by atoms with Crippen molar-refractivity contribution in [2.24, 2.45) is 5.92 Å². The number of carbonyl (C=O) groups is 2. The van der Waals surface area contributed by atoms with E-state index in [0.29, 0.717) is 6.61 Å². The van der Waals surface area contributed by atoms with Crippen molar-refractivity contribution < 1.29 is 38.7 Å². The van der Waals surface area contributed by atoms with Gasteiger partial charge in [-0.2, -0.15) is 0 Å². The second-order valence-corrected chi connectivity index (χ2v) is 7.18. The number of hydrogen-bond acceptors (Lipinski definition) is 9. The van der Waals surface area contributed by atoms with E-state index in [2.05, 4.69) is 10.3 Å². The molecular weight excluding hydrogens is 384 g/mol. The van der Waals surface area contributed by atoms with Crippen LogP contribution in [-0.4, -0.2) is 78.4 Å². The molecule has 0 aromatic carbocycles. The standard InChI is InChI=1S/C19H28N2O8/c1-10(2)7-28-17-11(3)29-19(25)12(8-27-9-13(17)22)21-18(24)15-16(23)14(26-4)5-6-20-15/h5-6,10-13,17,22-23H,7-9H2,1-4H3,(H,21,24). The Labute approximate surface area is 169 Å². The first-order chi connectivity index (χ1) is 13.7. The largest absolute Gasteiger partial charge is 0.503 e. The third-order valence-electron chi connectivity index (χ3n) is 4.25. The Morgan fingerprint density at radius 1 is 1.41 bits per heavy atom. The zero-order chi connectivity index (χ0) is 21.6. The number of pyridine rings is 1. The molecular formula is C19H28N2O8. The van der Waals surface area contributed by atoms with Crippen LogP contribution in [-0.2, 0) is 19.0 Å². The number of ether oxygens (including phenoxy) is 4. The highest BCUT2D eigenvalue weighted by atomic mass is 16.6.